The summed E-state index contributed by atoms with van der Waals surface area (Å²) in [5, 5.41) is 14.1. The Labute approximate surface area is 192 Å². The molecule has 2 aromatic rings. The Morgan fingerprint density at radius 3 is 2.69 bits per heavy atom. The van der Waals surface area contributed by atoms with Gasteiger partial charge in [-0.1, -0.05) is 24.3 Å². The minimum Gasteiger partial charge on any atom is -0.369 e. The number of nitrogens with zero attached hydrogens (tertiary/aromatic N) is 3. The van der Waals surface area contributed by atoms with E-state index in [1.807, 2.05) is 30.3 Å². The monoisotopic (exact) mass is 452 g/mol. The minimum atomic E-state index is -0.346. The number of benzene rings is 2. The molecular weight excluding hydrogens is 424 g/mol. The molecule has 8 heteroatoms. The number of unbranched alkanes of at least 4 members (excludes halogenated alkanes) is 1. The van der Waals surface area contributed by atoms with Crippen molar-refractivity contribution in [3.8, 4) is 0 Å². The van der Waals surface area contributed by atoms with Crippen molar-refractivity contribution in [1.29, 1.82) is 0 Å². The first-order chi connectivity index (χ1) is 15.6. The number of hydrogen-bond acceptors (Lipinski definition) is 6. The molecule has 4 rings (SSSR count). The number of carbonyl (C=O) groups excluding carboxylic acids is 1. The van der Waals surface area contributed by atoms with Crippen LogP contribution < -0.4 is 10.2 Å². The maximum atomic E-state index is 12.5. The Hall–Kier alpha value is -2.84. The first kappa shape index (κ1) is 22.4. The van der Waals surface area contributed by atoms with Crippen molar-refractivity contribution >= 4 is 35.1 Å². The van der Waals surface area contributed by atoms with Gasteiger partial charge in [-0.15, -0.1) is 11.8 Å². The van der Waals surface area contributed by atoms with Gasteiger partial charge in [-0.3, -0.25) is 19.8 Å². The number of anilines is 1. The quantitative estimate of drug-likeness (QED) is 0.373. The van der Waals surface area contributed by atoms with Gasteiger partial charge in [0.05, 0.1) is 4.92 Å². The van der Waals surface area contributed by atoms with Crippen LogP contribution in [0.5, 0.6) is 0 Å². The lowest BCUT2D eigenvalue weighted by atomic mass is 10.1. The zero-order valence-corrected chi connectivity index (χ0v) is 18.9. The molecule has 0 atom stereocenters. The molecule has 1 saturated heterocycles. The van der Waals surface area contributed by atoms with Gasteiger partial charge in [0.15, 0.2) is 0 Å². The molecule has 2 aliphatic rings. The number of nitro groups is 1. The van der Waals surface area contributed by atoms with E-state index < -0.39 is 0 Å². The standard InChI is InChI=1S/C24H28N4O3S/c29-24(20-16-19-6-1-2-9-23(19)32-18-20)25-10-3-4-11-26-12-14-27(15-13-26)21-7-5-8-22(17-21)28(30)31/h1-2,5-9,16-17H,3-4,10-15,18H2,(H,25,29). The van der Waals surface area contributed by atoms with Crippen LogP contribution in [0.4, 0.5) is 11.4 Å². The second-order valence-corrected chi connectivity index (χ2v) is 9.08. The van der Waals surface area contributed by atoms with Crippen molar-refractivity contribution < 1.29 is 9.72 Å². The first-order valence-electron chi connectivity index (χ1n) is 11.0. The molecule has 1 N–H and O–H groups in total. The van der Waals surface area contributed by atoms with E-state index in [1.54, 1.807) is 23.9 Å². The molecule has 168 valence electrons. The number of hydrogen-bond donors (Lipinski definition) is 1. The van der Waals surface area contributed by atoms with Gasteiger partial charge in [-0.05, 0) is 43.2 Å². The van der Waals surface area contributed by atoms with Gasteiger partial charge < -0.3 is 10.2 Å². The van der Waals surface area contributed by atoms with Crippen LogP contribution in [-0.4, -0.2) is 60.8 Å². The largest absolute Gasteiger partial charge is 0.369 e. The van der Waals surface area contributed by atoms with Gasteiger partial charge in [0.2, 0.25) is 5.91 Å². The summed E-state index contributed by atoms with van der Waals surface area (Å²) in [7, 11) is 0. The van der Waals surface area contributed by atoms with E-state index in [2.05, 4.69) is 21.2 Å². The number of rotatable bonds is 8. The fourth-order valence-electron chi connectivity index (χ4n) is 4.06. The summed E-state index contributed by atoms with van der Waals surface area (Å²) in [6.45, 7) is 5.31. The van der Waals surface area contributed by atoms with Gasteiger partial charge in [0.25, 0.3) is 5.69 Å². The van der Waals surface area contributed by atoms with Crippen molar-refractivity contribution in [2.24, 2.45) is 0 Å². The van der Waals surface area contributed by atoms with E-state index in [0.29, 0.717) is 6.54 Å². The van der Waals surface area contributed by atoms with Crippen LogP contribution in [0.3, 0.4) is 0 Å². The lowest BCUT2D eigenvalue weighted by Crippen LogP contribution is -2.46. The van der Waals surface area contributed by atoms with Crippen LogP contribution in [0, 0.1) is 10.1 Å². The molecule has 32 heavy (non-hydrogen) atoms. The van der Waals surface area contributed by atoms with E-state index in [0.717, 1.165) is 68.1 Å². The normalized spacial score (nSPS) is 16.2. The lowest BCUT2D eigenvalue weighted by Gasteiger charge is -2.36. The average molecular weight is 453 g/mol. The molecule has 2 aromatic carbocycles. The van der Waals surface area contributed by atoms with Crippen molar-refractivity contribution in [3.05, 3.63) is 69.8 Å². The van der Waals surface area contributed by atoms with Crippen LogP contribution in [0.25, 0.3) is 6.08 Å². The molecule has 0 bridgehead atoms. The maximum Gasteiger partial charge on any atom is 0.271 e. The molecule has 0 aromatic heterocycles. The number of nitrogens with one attached hydrogen (secondary N) is 1. The smallest absolute Gasteiger partial charge is 0.271 e. The molecular formula is C24H28N4O3S. The summed E-state index contributed by atoms with van der Waals surface area (Å²) in [6, 6.07) is 15.0. The van der Waals surface area contributed by atoms with Crippen molar-refractivity contribution in [3.63, 3.8) is 0 Å². The van der Waals surface area contributed by atoms with Crippen molar-refractivity contribution in [1.82, 2.24) is 10.2 Å². The highest BCUT2D eigenvalue weighted by Crippen LogP contribution is 2.31. The maximum absolute atomic E-state index is 12.5. The second kappa shape index (κ2) is 10.7. The van der Waals surface area contributed by atoms with E-state index in [-0.39, 0.29) is 16.5 Å². The third-order valence-corrected chi connectivity index (χ3v) is 7.03. The minimum absolute atomic E-state index is 0.0394. The topological polar surface area (TPSA) is 78.7 Å². The van der Waals surface area contributed by atoms with Gasteiger partial charge >= 0.3 is 0 Å². The molecule has 0 unspecified atom stereocenters. The first-order valence-corrected chi connectivity index (χ1v) is 12.0. The average Bonchev–Trinajstić information content (AvgIpc) is 2.84. The fourth-order valence-corrected chi connectivity index (χ4v) is 5.05. The predicted molar refractivity (Wildman–Crippen MR) is 129 cm³/mol. The van der Waals surface area contributed by atoms with Crippen molar-refractivity contribution in [2.45, 2.75) is 17.7 Å². The third-order valence-electron chi connectivity index (χ3n) is 5.89. The Bertz CT molecular complexity index is 1000. The molecule has 2 heterocycles. The van der Waals surface area contributed by atoms with Crippen LogP contribution >= 0.6 is 11.8 Å². The summed E-state index contributed by atoms with van der Waals surface area (Å²) >= 11 is 1.72. The SMILES string of the molecule is O=C(NCCCCN1CCN(c2cccc([N+](=O)[O-])c2)CC1)C1=Cc2ccccc2SC1. The summed E-state index contributed by atoms with van der Waals surface area (Å²) in [6.07, 6.45) is 3.99. The summed E-state index contributed by atoms with van der Waals surface area (Å²) in [5.74, 6) is 0.759. The second-order valence-electron chi connectivity index (χ2n) is 8.06. The van der Waals surface area contributed by atoms with Crippen LogP contribution in [0.1, 0.15) is 18.4 Å². The number of fused-ring (bicyclic) bond motifs is 1. The Balaban J connectivity index is 1.14. The van der Waals surface area contributed by atoms with Crippen LogP contribution in [0.2, 0.25) is 0 Å². The highest BCUT2D eigenvalue weighted by atomic mass is 32.2. The molecule has 1 fully saturated rings. The van der Waals surface area contributed by atoms with Gasteiger partial charge in [-0.2, -0.15) is 0 Å². The zero-order chi connectivity index (χ0) is 22.3. The van der Waals surface area contributed by atoms with Gasteiger partial charge in [0.1, 0.15) is 0 Å². The molecule has 2 aliphatic heterocycles. The fraction of sp³-hybridized carbons (Fsp3) is 0.375. The number of carbonyl (C=O) groups is 1. The summed E-state index contributed by atoms with van der Waals surface area (Å²) in [4.78, 5) is 29.0. The highest BCUT2D eigenvalue weighted by Gasteiger charge is 2.19. The van der Waals surface area contributed by atoms with Gasteiger partial charge in [-0.25, -0.2) is 0 Å². The van der Waals surface area contributed by atoms with Crippen LogP contribution in [-0.2, 0) is 4.79 Å². The van der Waals surface area contributed by atoms with Crippen LogP contribution in [0.15, 0.2) is 59.0 Å². The Kier molecular flexibility index (Phi) is 7.44. The number of amides is 1. The number of thioether (sulfide) groups is 1. The Morgan fingerprint density at radius 1 is 1.06 bits per heavy atom. The molecule has 0 spiro atoms. The lowest BCUT2D eigenvalue weighted by molar-refractivity contribution is -0.384. The molecule has 0 aliphatic carbocycles. The molecule has 7 nitrogen and oxygen atoms in total. The van der Waals surface area contributed by atoms with E-state index in [9.17, 15) is 14.9 Å². The van der Waals surface area contributed by atoms with Gasteiger partial charge in [0, 0.05) is 66.8 Å². The van der Waals surface area contributed by atoms with E-state index >= 15 is 0 Å². The van der Waals surface area contributed by atoms with E-state index in [4.69, 9.17) is 0 Å². The Morgan fingerprint density at radius 2 is 1.88 bits per heavy atom. The molecule has 1 amide bonds. The zero-order valence-electron chi connectivity index (χ0n) is 18.0. The van der Waals surface area contributed by atoms with E-state index in [1.165, 1.54) is 11.0 Å². The number of non-ortho nitro benzene ring substituents is 1. The molecule has 0 radical (unpaired) electrons. The highest BCUT2D eigenvalue weighted by molar-refractivity contribution is 7.99. The third kappa shape index (κ3) is 5.69. The summed E-state index contributed by atoms with van der Waals surface area (Å²) in [5.41, 5.74) is 3.02. The molecule has 0 saturated carbocycles. The number of piperazine rings is 1. The summed E-state index contributed by atoms with van der Waals surface area (Å²) < 4.78 is 0. The predicted octanol–water partition coefficient (Wildman–Crippen LogP) is 3.80. The number of nitro benzene ring substituents is 1. The van der Waals surface area contributed by atoms with Crippen molar-refractivity contribution in [2.75, 3.05) is 49.9 Å².